The summed E-state index contributed by atoms with van der Waals surface area (Å²) >= 11 is 0. The smallest absolute Gasteiger partial charge is 0.225 e. The summed E-state index contributed by atoms with van der Waals surface area (Å²) in [7, 11) is 0. The lowest BCUT2D eigenvalue weighted by Crippen LogP contribution is -2.35. The van der Waals surface area contributed by atoms with Gasteiger partial charge < -0.3 is 16.0 Å². The van der Waals surface area contributed by atoms with Crippen LogP contribution in [0.2, 0.25) is 0 Å². The average Bonchev–Trinajstić information content (AvgIpc) is 2.86. The molecule has 124 valence electrons. The van der Waals surface area contributed by atoms with Gasteiger partial charge in [0.2, 0.25) is 11.8 Å². The first-order chi connectivity index (χ1) is 9.39. The minimum absolute atomic E-state index is 0. The van der Waals surface area contributed by atoms with Crippen molar-refractivity contribution in [2.24, 2.45) is 11.3 Å². The maximum Gasteiger partial charge on any atom is 0.225 e. The molecule has 1 fully saturated rings. The van der Waals surface area contributed by atoms with Gasteiger partial charge in [0.15, 0.2) is 0 Å². The fourth-order valence-electron chi connectivity index (χ4n) is 2.18. The highest BCUT2D eigenvalue weighted by Crippen LogP contribution is 2.12. The molecule has 1 rings (SSSR count). The summed E-state index contributed by atoms with van der Waals surface area (Å²) in [6.45, 7) is 9.16. The van der Waals surface area contributed by atoms with Crippen LogP contribution >= 0.6 is 12.4 Å². The average molecular weight is 320 g/mol. The predicted molar refractivity (Wildman–Crippen MR) is 87.6 cm³/mol. The highest BCUT2D eigenvalue weighted by molar-refractivity contribution is 5.85. The first kappa shape index (κ1) is 20.2. The van der Waals surface area contributed by atoms with Gasteiger partial charge in [-0.3, -0.25) is 9.59 Å². The van der Waals surface area contributed by atoms with E-state index >= 15 is 0 Å². The van der Waals surface area contributed by atoms with E-state index in [9.17, 15) is 9.59 Å². The Hall–Kier alpha value is -0.810. The third kappa shape index (κ3) is 8.94. The van der Waals surface area contributed by atoms with Gasteiger partial charge in [-0.25, -0.2) is 0 Å². The Morgan fingerprint density at radius 1 is 1.19 bits per heavy atom. The van der Waals surface area contributed by atoms with E-state index in [-0.39, 0.29) is 29.6 Å². The van der Waals surface area contributed by atoms with Crippen LogP contribution in [0.5, 0.6) is 0 Å². The monoisotopic (exact) mass is 319 g/mol. The summed E-state index contributed by atoms with van der Waals surface area (Å²) in [6, 6.07) is 0. The molecular weight excluding hydrogens is 290 g/mol. The zero-order chi connectivity index (χ0) is 15.0. The van der Waals surface area contributed by atoms with Crippen molar-refractivity contribution in [3.8, 4) is 0 Å². The molecule has 0 spiro atoms. The fourth-order valence-corrected chi connectivity index (χ4v) is 2.18. The quantitative estimate of drug-likeness (QED) is 0.622. The van der Waals surface area contributed by atoms with Gasteiger partial charge in [0.1, 0.15) is 0 Å². The van der Waals surface area contributed by atoms with E-state index in [1.54, 1.807) is 0 Å². The number of amides is 2. The molecule has 5 nitrogen and oxygen atoms in total. The second-order valence-electron chi connectivity index (χ2n) is 6.61. The molecule has 0 bridgehead atoms. The highest BCUT2D eigenvalue weighted by atomic mass is 35.5. The van der Waals surface area contributed by atoms with Crippen LogP contribution in [-0.4, -0.2) is 38.0 Å². The van der Waals surface area contributed by atoms with Gasteiger partial charge in [0, 0.05) is 24.9 Å². The first-order valence-corrected chi connectivity index (χ1v) is 7.65. The zero-order valence-corrected chi connectivity index (χ0v) is 14.3. The van der Waals surface area contributed by atoms with E-state index in [1.165, 1.54) is 6.42 Å². The van der Waals surface area contributed by atoms with Crippen LogP contribution in [0.25, 0.3) is 0 Å². The van der Waals surface area contributed by atoms with Crippen LogP contribution < -0.4 is 16.0 Å². The van der Waals surface area contributed by atoms with Crippen molar-refractivity contribution in [2.45, 2.75) is 46.5 Å². The van der Waals surface area contributed by atoms with E-state index in [2.05, 4.69) is 16.0 Å². The molecule has 0 aromatic rings. The van der Waals surface area contributed by atoms with Gasteiger partial charge in [-0.2, -0.15) is 0 Å². The summed E-state index contributed by atoms with van der Waals surface area (Å²) in [5, 5.41) is 9.12. The van der Waals surface area contributed by atoms with Crippen LogP contribution in [0.1, 0.15) is 46.5 Å². The largest absolute Gasteiger partial charge is 0.356 e. The molecule has 21 heavy (non-hydrogen) atoms. The third-order valence-electron chi connectivity index (χ3n) is 3.58. The van der Waals surface area contributed by atoms with Crippen LogP contribution in [0.3, 0.4) is 0 Å². The second kappa shape index (κ2) is 10.0. The molecule has 0 aromatic heterocycles. The molecule has 3 N–H and O–H groups in total. The van der Waals surface area contributed by atoms with E-state index in [4.69, 9.17) is 0 Å². The van der Waals surface area contributed by atoms with Gasteiger partial charge in [-0.15, -0.1) is 12.4 Å². The van der Waals surface area contributed by atoms with Crippen LogP contribution in [-0.2, 0) is 9.59 Å². The Kier molecular flexibility index (Phi) is 9.62. The lowest BCUT2D eigenvalue weighted by atomic mass is 9.96. The maximum atomic E-state index is 11.6. The molecule has 2 amide bonds. The van der Waals surface area contributed by atoms with Crippen molar-refractivity contribution < 1.29 is 9.59 Å². The highest BCUT2D eigenvalue weighted by Gasteiger charge is 2.20. The number of hydrogen-bond acceptors (Lipinski definition) is 3. The number of nitrogens with one attached hydrogen (secondary N) is 3. The first-order valence-electron chi connectivity index (χ1n) is 7.65. The summed E-state index contributed by atoms with van der Waals surface area (Å²) < 4.78 is 0. The Bertz CT molecular complexity index is 323. The molecule has 0 radical (unpaired) electrons. The van der Waals surface area contributed by atoms with Gasteiger partial charge in [0.05, 0.1) is 0 Å². The molecule has 1 heterocycles. The lowest BCUT2D eigenvalue weighted by Gasteiger charge is -2.17. The SMILES string of the molecule is CC(C)(C)C(=O)NCCCC(=O)NCCC1CCNC1.Cl. The minimum Gasteiger partial charge on any atom is -0.356 e. The number of carbonyl (C=O) groups is 2. The molecule has 1 unspecified atom stereocenters. The van der Waals surface area contributed by atoms with Crippen LogP contribution in [0.4, 0.5) is 0 Å². The Morgan fingerprint density at radius 2 is 1.90 bits per heavy atom. The predicted octanol–water partition coefficient (Wildman–Crippen LogP) is 1.47. The number of hydrogen-bond donors (Lipinski definition) is 3. The lowest BCUT2D eigenvalue weighted by molar-refractivity contribution is -0.128. The van der Waals surface area contributed by atoms with Crippen molar-refractivity contribution in [1.82, 2.24) is 16.0 Å². The molecule has 1 atom stereocenters. The molecule has 0 saturated carbocycles. The van der Waals surface area contributed by atoms with Crippen molar-refractivity contribution in [1.29, 1.82) is 0 Å². The van der Waals surface area contributed by atoms with E-state index in [0.717, 1.165) is 26.1 Å². The summed E-state index contributed by atoms with van der Waals surface area (Å²) in [6.07, 6.45) is 3.44. The summed E-state index contributed by atoms with van der Waals surface area (Å²) in [5.41, 5.74) is -0.364. The molecule has 1 saturated heterocycles. The van der Waals surface area contributed by atoms with Gasteiger partial charge in [-0.1, -0.05) is 20.8 Å². The van der Waals surface area contributed by atoms with Gasteiger partial charge in [-0.05, 0) is 38.3 Å². The van der Waals surface area contributed by atoms with Crippen molar-refractivity contribution >= 4 is 24.2 Å². The Morgan fingerprint density at radius 3 is 2.48 bits per heavy atom. The van der Waals surface area contributed by atoms with Gasteiger partial charge >= 0.3 is 0 Å². The zero-order valence-electron chi connectivity index (χ0n) is 13.5. The van der Waals surface area contributed by atoms with Gasteiger partial charge in [0.25, 0.3) is 0 Å². The Labute approximate surface area is 134 Å². The summed E-state index contributed by atoms with van der Waals surface area (Å²) in [4.78, 5) is 23.2. The van der Waals surface area contributed by atoms with Crippen molar-refractivity contribution in [3.05, 3.63) is 0 Å². The third-order valence-corrected chi connectivity index (χ3v) is 3.58. The van der Waals surface area contributed by atoms with Crippen molar-refractivity contribution in [3.63, 3.8) is 0 Å². The molecule has 1 aliphatic heterocycles. The number of rotatable bonds is 7. The maximum absolute atomic E-state index is 11.6. The normalized spacial score (nSPS) is 18.0. The fraction of sp³-hybridized carbons (Fsp3) is 0.867. The molecule has 6 heteroatoms. The molecule has 1 aliphatic rings. The Balaban J connectivity index is 0.00000400. The number of carbonyl (C=O) groups excluding carboxylic acids is 2. The van der Waals surface area contributed by atoms with E-state index in [0.29, 0.717) is 25.3 Å². The second-order valence-corrected chi connectivity index (χ2v) is 6.61. The van der Waals surface area contributed by atoms with E-state index < -0.39 is 0 Å². The molecule has 0 aliphatic carbocycles. The minimum atomic E-state index is -0.364. The van der Waals surface area contributed by atoms with Crippen molar-refractivity contribution in [2.75, 3.05) is 26.2 Å². The standard InChI is InChI=1S/C15H29N3O2.ClH/c1-15(2,3)14(20)18-8-4-5-13(19)17-10-7-12-6-9-16-11-12;/h12,16H,4-11H2,1-3H3,(H,17,19)(H,18,20);1H. The topological polar surface area (TPSA) is 70.2 Å². The van der Waals surface area contributed by atoms with E-state index in [1.807, 2.05) is 20.8 Å². The van der Waals surface area contributed by atoms with Crippen LogP contribution in [0, 0.1) is 11.3 Å². The van der Waals surface area contributed by atoms with Crippen LogP contribution in [0.15, 0.2) is 0 Å². The summed E-state index contributed by atoms with van der Waals surface area (Å²) in [5.74, 6) is 0.828. The number of halogens is 1. The molecular formula is C15H30ClN3O2. The molecule has 0 aromatic carbocycles.